The maximum atomic E-state index is 12.7. The van der Waals surface area contributed by atoms with Crippen molar-refractivity contribution in [2.45, 2.75) is 26.9 Å². The number of carbonyl (C=O) groups is 1. The fourth-order valence-corrected chi connectivity index (χ4v) is 3.72. The van der Waals surface area contributed by atoms with Crippen LogP contribution in [0.5, 0.6) is 11.5 Å². The number of hydrogen-bond acceptors (Lipinski definition) is 5. The van der Waals surface area contributed by atoms with Crippen LogP contribution in [0.4, 0.5) is 5.69 Å². The molecule has 0 atom stereocenters. The molecule has 3 aromatic carbocycles. The zero-order valence-corrected chi connectivity index (χ0v) is 21.1. The Morgan fingerprint density at radius 1 is 1.03 bits per heavy atom. The number of benzene rings is 3. The normalized spacial score (nSPS) is 10.7. The number of carbonyl (C=O) groups excluding carboxylic acids is 1. The highest BCUT2D eigenvalue weighted by Gasteiger charge is 2.15. The van der Waals surface area contributed by atoms with Crippen molar-refractivity contribution in [1.29, 1.82) is 10.5 Å². The van der Waals surface area contributed by atoms with Gasteiger partial charge in [-0.25, -0.2) is 0 Å². The summed E-state index contributed by atoms with van der Waals surface area (Å²) in [4.78, 5) is 12.7. The first-order valence-corrected chi connectivity index (χ1v) is 11.9. The van der Waals surface area contributed by atoms with E-state index < -0.39 is 5.91 Å². The van der Waals surface area contributed by atoms with Crippen LogP contribution in [0.3, 0.4) is 0 Å². The van der Waals surface area contributed by atoms with Gasteiger partial charge in [0.15, 0.2) is 11.5 Å². The van der Waals surface area contributed by atoms with Crippen LogP contribution >= 0.6 is 15.9 Å². The zero-order chi connectivity index (χ0) is 25.2. The van der Waals surface area contributed by atoms with Crippen molar-refractivity contribution in [3.05, 3.63) is 93.0 Å². The molecule has 0 unspecified atom stereocenters. The molecule has 0 aliphatic heterocycles. The van der Waals surface area contributed by atoms with Gasteiger partial charge in [-0.05, 0) is 60.9 Å². The van der Waals surface area contributed by atoms with E-state index >= 15 is 0 Å². The first-order chi connectivity index (χ1) is 17.0. The van der Waals surface area contributed by atoms with E-state index in [1.807, 2.05) is 49.4 Å². The summed E-state index contributed by atoms with van der Waals surface area (Å²) in [6.45, 7) is 4.49. The van der Waals surface area contributed by atoms with E-state index in [0.717, 1.165) is 17.5 Å². The Kier molecular flexibility index (Phi) is 9.06. The molecule has 0 heterocycles. The number of nitrogens with one attached hydrogen (secondary N) is 1. The molecule has 0 fully saturated rings. The van der Waals surface area contributed by atoms with Crippen molar-refractivity contribution < 1.29 is 14.3 Å². The highest BCUT2D eigenvalue weighted by atomic mass is 79.9. The topological polar surface area (TPSA) is 95.1 Å². The molecular formula is C28H24BrN3O3. The van der Waals surface area contributed by atoms with Crippen LogP contribution in [-0.2, 0) is 17.8 Å². The molecule has 0 bridgehead atoms. The second-order valence-corrected chi connectivity index (χ2v) is 8.34. The van der Waals surface area contributed by atoms with Crippen molar-refractivity contribution in [1.82, 2.24) is 0 Å². The quantitative estimate of drug-likeness (QED) is 0.255. The van der Waals surface area contributed by atoms with Crippen molar-refractivity contribution in [3.63, 3.8) is 0 Å². The highest BCUT2D eigenvalue weighted by molar-refractivity contribution is 9.10. The number of amides is 1. The number of rotatable bonds is 9. The van der Waals surface area contributed by atoms with Gasteiger partial charge < -0.3 is 14.8 Å². The summed E-state index contributed by atoms with van der Waals surface area (Å²) < 4.78 is 12.3. The Labute approximate surface area is 213 Å². The number of halogens is 1. The molecule has 6 nitrogen and oxygen atoms in total. The molecule has 1 N–H and O–H groups in total. The maximum Gasteiger partial charge on any atom is 0.266 e. The van der Waals surface area contributed by atoms with Gasteiger partial charge in [-0.3, -0.25) is 4.79 Å². The smallest absolute Gasteiger partial charge is 0.266 e. The molecule has 0 aromatic heterocycles. The third kappa shape index (κ3) is 6.72. The van der Waals surface area contributed by atoms with Crippen LogP contribution in [0.25, 0.3) is 6.08 Å². The predicted octanol–water partition coefficient (Wildman–Crippen LogP) is 6.41. The van der Waals surface area contributed by atoms with E-state index in [2.05, 4.69) is 34.2 Å². The fraction of sp³-hybridized carbons (Fsp3) is 0.179. The van der Waals surface area contributed by atoms with Gasteiger partial charge in [-0.1, -0.05) is 53.2 Å². The Balaban J connectivity index is 1.84. The minimum atomic E-state index is -0.505. The summed E-state index contributed by atoms with van der Waals surface area (Å²) in [6, 6.07) is 22.3. The number of nitriles is 2. The first-order valence-electron chi connectivity index (χ1n) is 11.1. The van der Waals surface area contributed by atoms with Gasteiger partial charge >= 0.3 is 0 Å². The molecule has 3 rings (SSSR count). The van der Waals surface area contributed by atoms with Crippen molar-refractivity contribution >= 4 is 33.6 Å². The molecule has 1 amide bonds. The molecule has 7 heteroatoms. The Morgan fingerprint density at radius 3 is 2.40 bits per heavy atom. The molecule has 3 aromatic rings. The summed E-state index contributed by atoms with van der Waals surface area (Å²) in [5.41, 5.74) is 3.61. The van der Waals surface area contributed by atoms with Crippen LogP contribution < -0.4 is 14.8 Å². The number of hydrogen-bond donors (Lipinski definition) is 1. The standard InChI is InChI=1S/C28H24BrN3O3/c1-3-19-9-11-24(12-10-19)32-28(33)23(17-31)13-22-14-26(34-4-2)27(15-25(22)29)35-18-21-8-6-5-7-20(21)16-30/h5-15H,3-4,18H2,1-2H3,(H,32,33)/b23-13+. The third-order valence-corrected chi connectivity index (χ3v) is 5.86. The molecule has 0 aliphatic carbocycles. The highest BCUT2D eigenvalue weighted by Crippen LogP contribution is 2.35. The lowest BCUT2D eigenvalue weighted by Crippen LogP contribution is -2.13. The number of aryl methyl sites for hydroxylation is 1. The van der Waals surface area contributed by atoms with Gasteiger partial charge in [0.25, 0.3) is 5.91 Å². The summed E-state index contributed by atoms with van der Waals surface area (Å²) in [6.07, 6.45) is 2.40. The summed E-state index contributed by atoms with van der Waals surface area (Å²) in [7, 11) is 0. The molecule has 0 radical (unpaired) electrons. The van der Waals surface area contributed by atoms with Gasteiger partial charge in [-0.15, -0.1) is 0 Å². The second kappa shape index (κ2) is 12.4. The Hall–Kier alpha value is -4.07. The third-order valence-electron chi connectivity index (χ3n) is 5.17. The molecule has 35 heavy (non-hydrogen) atoms. The number of ether oxygens (including phenoxy) is 2. The number of nitrogens with zero attached hydrogens (tertiary/aromatic N) is 2. The summed E-state index contributed by atoms with van der Waals surface area (Å²) >= 11 is 3.50. The molecule has 176 valence electrons. The van der Waals surface area contributed by atoms with Crippen molar-refractivity contribution in [3.8, 4) is 23.6 Å². The minimum absolute atomic E-state index is 0.0515. The van der Waals surface area contributed by atoms with Crippen LogP contribution in [0.1, 0.15) is 36.1 Å². The van der Waals surface area contributed by atoms with Crippen LogP contribution in [0, 0.1) is 22.7 Å². The molecule has 0 spiro atoms. The van der Waals surface area contributed by atoms with E-state index in [9.17, 15) is 15.3 Å². The number of anilines is 1. The second-order valence-electron chi connectivity index (χ2n) is 7.49. The van der Waals surface area contributed by atoms with Crippen LogP contribution in [-0.4, -0.2) is 12.5 Å². The van der Waals surface area contributed by atoms with Gasteiger partial charge in [0, 0.05) is 15.7 Å². The van der Waals surface area contributed by atoms with Gasteiger partial charge in [-0.2, -0.15) is 10.5 Å². The van der Waals surface area contributed by atoms with Crippen molar-refractivity contribution in [2.24, 2.45) is 0 Å². The van der Waals surface area contributed by atoms with E-state index in [1.165, 1.54) is 6.08 Å². The van der Waals surface area contributed by atoms with E-state index in [-0.39, 0.29) is 12.2 Å². The lowest BCUT2D eigenvalue weighted by Gasteiger charge is -2.15. The summed E-state index contributed by atoms with van der Waals surface area (Å²) in [5, 5.41) is 21.7. The lowest BCUT2D eigenvalue weighted by atomic mass is 10.1. The average Bonchev–Trinajstić information content (AvgIpc) is 2.88. The molecule has 0 saturated carbocycles. The Morgan fingerprint density at radius 2 is 1.74 bits per heavy atom. The van der Waals surface area contributed by atoms with Crippen LogP contribution in [0.2, 0.25) is 0 Å². The van der Waals surface area contributed by atoms with E-state index in [1.54, 1.807) is 24.3 Å². The summed E-state index contributed by atoms with van der Waals surface area (Å²) in [5.74, 6) is 0.432. The minimum Gasteiger partial charge on any atom is -0.490 e. The predicted molar refractivity (Wildman–Crippen MR) is 139 cm³/mol. The SMILES string of the molecule is CCOc1cc(/C=C(\C#N)C(=O)Nc2ccc(CC)cc2)c(Br)cc1OCc1ccccc1C#N. The molecule has 0 saturated heterocycles. The van der Waals surface area contributed by atoms with Gasteiger partial charge in [0.1, 0.15) is 18.2 Å². The molecule has 0 aliphatic rings. The first kappa shape index (κ1) is 25.6. The van der Waals surface area contributed by atoms with Crippen LogP contribution in [0.15, 0.2) is 70.7 Å². The largest absolute Gasteiger partial charge is 0.490 e. The maximum absolute atomic E-state index is 12.7. The molecular weight excluding hydrogens is 506 g/mol. The monoisotopic (exact) mass is 529 g/mol. The van der Waals surface area contributed by atoms with Gasteiger partial charge in [0.2, 0.25) is 0 Å². The van der Waals surface area contributed by atoms with E-state index in [0.29, 0.717) is 39.4 Å². The zero-order valence-electron chi connectivity index (χ0n) is 19.5. The fourth-order valence-electron chi connectivity index (χ4n) is 3.28. The average molecular weight is 530 g/mol. The Bertz CT molecular complexity index is 1320. The van der Waals surface area contributed by atoms with Crippen molar-refractivity contribution in [2.75, 3.05) is 11.9 Å². The lowest BCUT2D eigenvalue weighted by molar-refractivity contribution is -0.112. The van der Waals surface area contributed by atoms with Gasteiger partial charge in [0.05, 0.1) is 18.2 Å². The van der Waals surface area contributed by atoms with E-state index in [4.69, 9.17) is 9.47 Å².